The molecular formula is C15H21N3O5S. The summed E-state index contributed by atoms with van der Waals surface area (Å²) in [7, 11) is 0. The van der Waals surface area contributed by atoms with Crippen molar-refractivity contribution in [1.82, 2.24) is 16.0 Å². The van der Waals surface area contributed by atoms with Gasteiger partial charge in [-0.25, -0.2) is 4.79 Å². The Morgan fingerprint density at radius 3 is 2.33 bits per heavy atom. The summed E-state index contributed by atoms with van der Waals surface area (Å²) in [5.41, 5.74) is 0. The van der Waals surface area contributed by atoms with E-state index in [0.29, 0.717) is 11.3 Å². The topological polar surface area (TPSA) is 125 Å². The molecule has 0 aliphatic carbocycles. The average Bonchev–Trinajstić information content (AvgIpc) is 3.03. The summed E-state index contributed by atoms with van der Waals surface area (Å²) in [6, 6.07) is 2.36. The highest BCUT2D eigenvalue weighted by Crippen LogP contribution is 2.07. The number of carboxylic acid groups (broad SMARTS) is 1. The van der Waals surface area contributed by atoms with Crippen molar-refractivity contribution in [2.24, 2.45) is 5.92 Å². The van der Waals surface area contributed by atoms with Crippen molar-refractivity contribution in [3.8, 4) is 0 Å². The molecule has 1 aromatic rings. The van der Waals surface area contributed by atoms with Crippen molar-refractivity contribution in [3.05, 3.63) is 22.4 Å². The zero-order valence-electron chi connectivity index (χ0n) is 13.5. The van der Waals surface area contributed by atoms with Crippen LogP contribution in [0.2, 0.25) is 0 Å². The number of carbonyl (C=O) groups is 4. The Hall–Kier alpha value is -2.42. The maximum Gasteiger partial charge on any atom is 0.326 e. The largest absolute Gasteiger partial charge is 0.480 e. The molecule has 0 aromatic carbocycles. The summed E-state index contributed by atoms with van der Waals surface area (Å²) >= 11 is 1.25. The average molecular weight is 355 g/mol. The molecule has 0 fully saturated rings. The molecule has 0 bridgehead atoms. The van der Waals surface area contributed by atoms with Gasteiger partial charge in [-0.2, -0.15) is 0 Å². The highest BCUT2D eigenvalue weighted by molar-refractivity contribution is 7.12. The lowest BCUT2D eigenvalue weighted by atomic mass is 10.0. The number of carboxylic acids is 1. The second-order valence-electron chi connectivity index (χ2n) is 5.52. The monoisotopic (exact) mass is 355 g/mol. The predicted molar refractivity (Wildman–Crippen MR) is 88.7 cm³/mol. The van der Waals surface area contributed by atoms with E-state index < -0.39 is 23.8 Å². The fourth-order valence-corrected chi connectivity index (χ4v) is 2.48. The molecule has 8 nitrogen and oxygen atoms in total. The van der Waals surface area contributed by atoms with Gasteiger partial charge in [-0.05, 0) is 23.8 Å². The molecule has 0 spiro atoms. The fraction of sp³-hybridized carbons (Fsp3) is 0.467. The minimum Gasteiger partial charge on any atom is -0.480 e. The summed E-state index contributed by atoms with van der Waals surface area (Å²) < 4.78 is 0. The van der Waals surface area contributed by atoms with Crippen LogP contribution in [-0.2, 0) is 14.4 Å². The first kappa shape index (κ1) is 19.6. The molecule has 1 aromatic heterocycles. The quantitative estimate of drug-likeness (QED) is 0.504. The van der Waals surface area contributed by atoms with E-state index >= 15 is 0 Å². The van der Waals surface area contributed by atoms with E-state index in [1.54, 1.807) is 17.5 Å². The first-order valence-electron chi connectivity index (χ1n) is 7.40. The minimum absolute atomic E-state index is 0.105. The molecule has 24 heavy (non-hydrogen) atoms. The Labute approximate surface area is 143 Å². The lowest BCUT2D eigenvalue weighted by Crippen LogP contribution is -2.47. The lowest BCUT2D eigenvalue weighted by Gasteiger charge is -2.16. The first-order chi connectivity index (χ1) is 11.3. The van der Waals surface area contributed by atoms with Gasteiger partial charge >= 0.3 is 5.97 Å². The van der Waals surface area contributed by atoms with Crippen molar-refractivity contribution in [2.75, 3.05) is 13.1 Å². The lowest BCUT2D eigenvalue weighted by molar-refractivity contribution is -0.142. The standard InChI is InChI=1S/C15H21N3O5S/c1-9(2)6-10(15(22)23)18-13(20)8-16-12(19)7-17-14(21)11-4-3-5-24-11/h3-5,9-10H,6-8H2,1-2H3,(H,16,19)(H,17,21)(H,18,20)(H,22,23)/t10-/m0/s1. The molecule has 0 aliphatic heterocycles. The van der Waals surface area contributed by atoms with Crippen LogP contribution in [0.15, 0.2) is 17.5 Å². The van der Waals surface area contributed by atoms with Gasteiger partial charge < -0.3 is 21.1 Å². The van der Waals surface area contributed by atoms with E-state index in [1.165, 1.54) is 11.3 Å². The van der Waals surface area contributed by atoms with Crippen molar-refractivity contribution < 1.29 is 24.3 Å². The number of hydrogen-bond acceptors (Lipinski definition) is 5. The van der Waals surface area contributed by atoms with Gasteiger partial charge in [0.05, 0.1) is 18.0 Å². The summed E-state index contributed by atoms with van der Waals surface area (Å²) in [5, 5.41) is 17.9. The first-order valence-corrected chi connectivity index (χ1v) is 8.28. The van der Waals surface area contributed by atoms with Crippen molar-refractivity contribution >= 4 is 35.0 Å². The molecule has 0 radical (unpaired) electrons. The Morgan fingerprint density at radius 2 is 1.79 bits per heavy atom. The summed E-state index contributed by atoms with van der Waals surface area (Å²) in [4.78, 5) is 46.5. The van der Waals surface area contributed by atoms with Gasteiger partial charge in [0, 0.05) is 0 Å². The van der Waals surface area contributed by atoms with E-state index in [2.05, 4.69) is 16.0 Å². The fourth-order valence-electron chi connectivity index (χ4n) is 1.84. The van der Waals surface area contributed by atoms with Crippen molar-refractivity contribution in [1.29, 1.82) is 0 Å². The zero-order chi connectivity index (χ0) is 18.1. The Balaban J connectivity index is 2.31. The van der Waals surface area contributed by atoms with Crippen LogP contribution in [0.5, 0.6) is 0 Å². The van der Waals surface area contributed by atoms with Crippen LogP contribution in [0, 0.1) is 5.92 Å². The molecule has 1 rings (SSSR count). The van der Waals surface area contributed by atoms with Gasteiger partial charge in [0.25, 0.3) is 5.91 Å². The highest BCUT2D eigenvalue weighted by Gasteiger charge is 2.21. The number of amides is 3. The van der Waals surface area contributed by atoms with Gasteiger partial charge in [-0.15, -0.1) is 11.3 Å². The Bertz CT molecular complexity index is 586. The zero-order valence-corrected chi connectivity index (χ0v) is 14.3. The molecule has 1 atom stereocenters. The molecule has 0 aliphatic rings. The summed E-state index contributed by atoms with van der Waals surface area (Å²) in [5.74, 6) is -2.51. The molecule has 4 N–H and O–H groups in total. The molecule has 3 amide bonds. The number of carbonyl (C=O) groups excluding carboxylic acids is 3. The van der Waals surface area contributed by atoms with Crippen molar-refractivity contribution in [3.63, 3.8) is 0 Å². The molecular weight excluding hydrogens is 334 g/mol. The van der Waals surface area contributed by atoms with E-state index in [-0.39, 0.29) is 24.9 Å². The summed E-state index contributed by atoms with van der Waals surface area (Å²) in [6.07, 6.45) is 0.298. The molecule has 132 valence electrons. The van der Waals surface area contributed by atoms with Crippen LogP contribution < -0.4 is 16.0 Å². The van der Waals surface area contributed by atoms with Gasteiger partial charge in [-0.1, -0.05) is 19.9 Å². The van der Waals surface area contributed by atoms with Crippen LogP contribution >= 0.6 is 11.3 Å². The molecule has 0 unspecified atom stereocenters. The van der Waals surface area contributed by atoms with Gasteiger partial charge in [0.15, 0.2) is 0 Å². The normalized spacial score (nSPS) is 11.6. The number of nitrogens with one attached hydrogen (secondary N) is 3. The van der Waals surface area contributed by atoms with E-state index in [9.17, 15) is 19.2 Å². The van der Waals surface area contributed by atoms with Crippen LogP contribution in [0.25, 0.3) is 0 Å². The van der Waals surface area contributed by atoms with Crippen LogP contribution in [0.1, 0.15) is 29.9 Å². The third-order valence-corrected chi connectivity index (χ3v) is 3.81. The van der Waals surface area contributed by atoms with E-state index in [0.717, 1.165) is 0 Å². The van der Waals surface area contributed by atoms with Gasteiger partial charge in [-0.3, -0.25) is 14.4 Å². The second kappa shape index (κ2) is 9.66. The molecule has 0 saturated carbocycles. The van der Waals surface area contributed by atoms with Crippen LogP contribution in [0.3, 0.4) is 0 Å². The number of aliphatic carboxylic acids is 1. The third kappa shape index (κ3) is 7.23. The highest BCUT2D eigenvalue weighted by atomic mass is 32.1. The molecule has 9 heteroatoms. The smallest absolute Gasteiger partial charge is 0.326 e. The van der Waals surface area contributed by atoms with Crippen LogP contribution in [-0.4, -0.2) is 47.9 Å². The number of hydrogen-bond donors (Lipinski definition) is 4. The van der Waals surface area contributed by atoms with Gasteiger partial charge in [0.2, 0.25) is 11.8 Å². The van der Waals surface area contributed by atoms with E-state index in [4.69, 9.17) is 5.11 Å². The van der Waals surface area contributed by atoms with Crippen molar-refractivity contribution in [2.45, 2.75) is 26.3 Å². The van der Waals surface area contributed by atoms with Gasteiger partial charge in [0.1, 0.15) is 6.04 Å². The third-order valence-electron chi connectivity index (χ3n) is 2.94. The van der Waals surface area contributed by atoms with Crippen LogP contribution in [0.4, 0.5) is 0 Å². The minimum atomic E-state index is -1.12. The Morgan fingerprint density at radius 1 is 1.12 bits per heavy atom. The Kier molecular flexibility index (Phi) is 7.90. The second-order valence-corrected chi connectivity index (χ2v) is 6.47. The number of thiophene rings is 1. The molecule has 1 heterocycles. The SMILES string of the molecule is CC(C)C[C@H](NC(=O)CNC(=O)CNC(=O)c1cccs1)C(=O)O. The number of rotatable bonds is 9. The summed E-state index contributed by atoms with van der Waals surface area (Å²) in [6.45, 7) is 3.08. The predicted octanol–water partition coefficient (Wildman–Crippen LogP) is 0.210. The van der Waals surface area contributed by atoms with E-state index in [1.807, 2.05) is 13.8 Å². The molecule has 0 saturated heterocycles. The maximum atomic E-state index is 11.7. The maximum absolute atomic E-state index is 11.7.